The molecule has 0 aliphatic heterocycles. The second-order valence-corrected chi connectivity index (χ2v) is 6.92. The topological polar surface area (TPSA) is 73.8 Å². The van der Waals surface area contributed by atoms with Crippen LogP contribution in [-0.4, -0.2) is 24.8 Å². The molecular formula is C20H27N5O2. The lowest BCUT2D eigenvalue weighted by molar-refractivity contribution is -0.121. The maximum atomic E-state index is 12.8. The first-order valence-corrected chi connectivity index (χ1v) is 9.40. The molecule has 0 saturated carbocycles. The summed E-state index contributed by atoms with van der Waals surface area (Å²) in [4.78, 5) is 25.2. The number of carbonyl (C=O) groups is 1. The summed E-state index contributed by atoms with van der Waals surface area (Å²) in [5, 5.41) is 7.23. The van der Waals surface area contributed by atoms with Crippen LogP contribution in [0.1, 0.15) is 44.0 Å². The first-order chi connectivity index (χ1) is 12.9. The van der Waals surface area contributed by atoms with Gasteiger partial charge in [0.15, 0.2) is 0 Å². The molecule has 2 aromatic heterocycles. The van der Waals surface area contributed by atoms with E-state index in [0.717, 1.165) is 28.7 Å². The average molecular weight is 369 g/mol. The van der Waals surface area contributed by atoms with Gasteiger partial charge in [-0.15, -0.1) is 0 Å². The van der Waals surface area contributed by atoms with Gasteiger partial charge < -0.3 is 5.32 Å². The molecule has 1 atom stereocenters. The number of aromatic nitrogens is 4. The van der Waals surface area contributed by atoms with Crippen LogP contribution in [0.3, 0.4) is 0 Å². The Morgan fingerprint density at radius 3 is 2.37 bits per heavy atom. The van der Waals surface area contributed by atoms with Gasteiger partial charge in [0.05, 0.1) is 23.3 Å². The summed E-state index contributed by atoms with van der Waals surface area (Å²) < 4.78 is 5.28. The first-order valence-electron chi connectivity index (χ1n) is 9.40. The molecule has 3 rings (SSSR count). The van der Waals surface area contributed by atoms with Gasteiger partial charge in [-0.05, 0) is 32.4 Å². The van der Waals surface area contributed by atoms with Crippen LogP contribution in [0.2, 0.25) is 0 Å². The van der Waals surface area contributed by atoms with Crippen molar-refractivity contribution in [3.63, 3.8) is 0 Å². The fraction of sp³-hybridized carbons (Fsp3) is 0.450. The number of rotatable bonds is 7. The van der Waals surface area contributed by atoms with Crippen molar-refractivity contribution >= 4 is 16.9 Å². The molecule has 0 bridgehead atoms. The fourth-order valence-corrected chi connectivity index (χ4v) is 3.47. The smallest absolute Gasteiger partial charge is 0.329 e. The van der Waals surface area contributed by atoms with Gasteiger partial charge >= 0.3 is 5.69 Å². The number of aryl methyl sites for hydroxylation is 3. The van der Waals surface area contributed by atoms with Gasteiger partial charge in [-0.1, -0.05) is 19.1 Å². The van der Waals surface area contributed by atoms with E-state index in [2.05, 4.69) is 10.4 Å². The molecule has 0 saturated heterocycles. The molecule has 0 radical (unpaired) electrons. The van der Waals surface area contributed by atoms with E-state index in [4.69, 9.17) is 0 Å². The molecule has 1 amide bonds. The molecule has 7 heteroatoms. The van der Waals surface area contributed by atoms with E-state index in [1.807, 2.05) is 52.1 Å². The molecule has 144 valence electrons. The van der Waals surface area contributed by atoms with Gasteiger partial charge in [0.2, 0.25) is 5.91 Å². The molecule has 7 nitrogen and oxygen atoms in total. The summed E-state index contributed by atoms with van der Waals surface area (Å²) in [5.41, 5.74) is 3.77. The van der Waals surface area contributed by atoms with Gasteiger partial charge in [0, 0.05) is 37.8 Å². The third-order valence-corrected chi connectivity index (χ3v) is 5.05. The van der Waals surface area contributed by atoms with E-state index in [1.54, 1.807) is 20.0 Å². The van der Waals surface area contributed by atoms with Crippen LogP contribution in [0.25, 0.3) is 11.0 Å². The Morgan fingerprint density at radius 1 is 1.19 bits per heavy atom. The van der Waals surface area contributed by atoms with Crippen molar-refractivity contribution in [3.05, 3.63) is 52.2 Å². The molecule has 3 aromatic rings. The highest BCUT2D eigenvalue weighted by Gasteiger charge is 2.16. The Labute approximate surface area is 158 Å². The Morgan fingerprint density at radius 2 is 1.81 bits per heavy atom. The molecular weight excluding hydrogens is 342 g/mol. The molecule has 0 aliphatic rings. The van der Waals surface area contributed by atoms with Gasteiger partial charge in [0.1, 0.15) is 0 Å². The van der Waals surface area contributed by atoms with Crippen LogP contribution < -0.4 is 11.0 Å². The standard InChI is InChI=1S/C20H27N5O2/c1-5-11-24-17-8-6-7-9-18(17)25(20(24)27)12-10-19(26)22-14(2)16-13-21-23(4)15(16)3/h6-9,13-14H,5,10-12H2,1-4H3,(H,22,26)/t14-/m1/s1. The number of hydrogen-bond donors (Lipinski definition) is 1. The molecule has 1 N–H and O–H groups in total. The summed E-state index contributed by atoms with van der Waals surface area (Å²) in [7, 11) is 1.88. The zero-order valence-electron chi connectivity index (χ0n) is 16.4. The van der Waals surface area contributed by atoms with E-state index in [0.29, 0.717) is 13.1 Å². The molecule has 0 unspecified atom stereocenters. The largest absolute Gasteiger partial charge is 0.349 e. The molecule has 0 spiro atoms. The number of fused-ring (bicyclic) bond motifs is 1. The van der Waals surface area contributed by atoms with Crippen molar-refractivity contribution in [2.24, 2.45) is 7.05 Å². The summed E-state index contributed by atoms with van der Waals surface area (Å²) in [6.07, 6.45) is 2.92. The summed E-state index contributed by atoms with van der Waals surface area (Å²) >= 11 is 0. The number of amides is 1. The number of hydrogen-bond acceptors (Lipinski definition) is 3. The van der Waals surface area contributed by atoms with Crippen molar-refractivity contribution in [2.75, 3.05) is 0 Å². The molecule has 1 aromatic carbocycles. The zero-order valence-corrected chi connectivity index (χ0v) is 16.4. The van der Waals surface area contributed by atoms with Crippen molar-refractivity contribution < 1.29 is 4.79 Å². The minimum Gasteiger partial charge on any atom is -0.349 e. The number of imidazole rings is 1. The van der Waals surface area contributed by atoms with Crippen molar-refractivity contribution in [1.29, 1.82) is 0 Å². The van der Waals surface area contributed by atoms with Crippen LogP contribution in [0, 0.1) is 6.92 Å². The molecule has 0 aliphatic carbocycles. The average Bonchev–Trinajstić information content (AvgIpc) is 3.11. The summed E-state index contributed by atoms with van der Waals surface area (Å²) in [5.74, 6) is -0.0787. The van der Waals surface area contributed by atoms with E-state index in [1.165, 1.54) is 0 Å². The number of nitrogens with zero attached hydrogens (tertiary/aromatic N) is 4. The molecule has 27 heavy (non-hydrogen) atoms. The van der Waals surface area contributed by atoms with E-state index >= 15 is 0 Å². The van der Waals surface area contributed by atoms with Crippen molar-refractivity contribution in [1.82, 2.24) is 24.2 Å². The molecule has 0 fully saturated rings. The van der Waals surface area contributed by atoms with Crippen LogP contribution in [0.4, 0.5) is 0 Å². The van der Waals surface area contributed by atoms with Crippen molar-refractivity contribution in [2.45, 2.75) is 52.7 Å². The predicted molar refractivity (Wildman–Crippen MR) is 106 cm³/mol. The number of carbonyl (C=O) groups excluding carboxylic acids is 1. The predicted octanol–water partition coefficient (Wildman–Crippen LogP) is 2.52. The molecule has 2 heterocycles. The SMILES string of the molecule is CCCn1c(=O)n(CCC(=O)N[C@H](C)c2cnn(C)c2C)c2ccccc21. The zero-order chi connectivity index (χ0) is 19.6. The summed E-state index contributed by atoms with van der Waals surface area (Å²) in [6, 6.07) is 7.62. The Hall–Kier alpha value is -2.83. The van der Waals surface area contributed by atoms with Crippen molar-refractivity contribution in [3.8, 4) is 0 Å². The van der Waals surface area contributed by atoms with Gasteiger partial charge in [-0.2, -0.15) is 5.10 Å². The third-order valence-electron chi connectivity index (χ3n) is 5.05. The summed E-state index contributed by atoms with van der Waals surface area (Å²) in [6.45, 7) is 7.01. The minimum absolute atomic E-state index is 0.0537. The lowest BCUT2D eigenvalue weighted by Gasteiger charge is -2.14. The van der Waals surface area contributed by atoms with Gasteiger partial charge in [-0.25, -0.2) is 4.79 Å². The fourth-order valence-electron chi connectivity index (χ4n) is 3.47. The Kier molecular flexibility index (Phi) is 5.48. The Bertz CT molecular complexity index is 1010. The lowest BCUT2D eigenvalue weighted by atomic mass is 10.1. The highest BCUT2D eigenvalue weighted by molar-refractivity contribution is 5.78. The second kappa shape index (κ2) is 7.82. The van der Waals surface area contributed by atoms with E-state index < -0.39 is 0 Å². The van der Waals surface area contributed by atoms with E-state index in [-0.39, 0.29) is 24.1 Å². The maximum absolute atomic E-state index is 12.8. The second-order valence-electron chi connectivity index (χ2n) is 6.92. The number of para-hydroxylation sites is 2. The third kappa shape index (κ3) is 3.67. The highest BCUT2D eigenvalue weighted by atomic mass is 16.2. The van der Waals surface area contributed by atoms with Gasteiger partial charge in [0.25, 0.3) is 0 Å². The van der Waals surface area contributed by atoms with Crippen LogP contribution in [-0.2, 0) is 24.9 Å². The quantitative estimate of drug-likeness (QED) is 0.695. The highest BCUT2D eigenvalue weighted by Crippen LogP contribution is 2.17. The normalized spacial score (nSPS) is 12.4. The minimum atomic E-state index is -0.121. The van der Waals surface area contributed by atoms with Gasteiger partial charge in [-0.3, -0.25) is 18.6 Å². The lowest BCUT2D eigenvalue weighted by Crippen LogP contribution is -2.30. The maximum Gasteiger partial charge on any atom is 0.329 e. The monoisotopic (exact) mass is 369 g/mol. The Balaban J connectivity index is 1.73. The van der Waals surface area contributed by atoms with E-state index in [9.17, 15) is 9.59 Å². The van der Waals surface area contributed by atoms with Crippen LogP contribution >= 0.6 is 0 Å². The van der Waals surface area contributed by atoms with Crippen LogP contribution in [0.5, 0.6) is 0 Å². The number of nitrogens with one attached hydrogen (secondary N) is 1. The number of benzene rings is 1. The first kappa shape index (κ1) is 18.9. The van der Waals surface area contributed by atoms with Crippen LogP contribution in [0.15, 0.2) is 35.3 Å².